The number of carbonyl (C=O) groups excluding carboxylic acids is 1. The lowest BCUT2D eigenvalue weighted by Gasteiger charge is -2.09. The van der Waals surface area contributed by atoms with Crippen LogP contribution in [-0.2, 0) is 15.6 Å². The summed E-state index contributed by atoms with van der Waals surface area (Å²) in [7, 11) is -1.48. The van der Waals surface area contributed by atoms with Crippen molar-refractivity contribution in [3.05, 3.63) is 42.0 Å². The number of ketones is 1. The number of Topliss-reactive ketones (excluding diaryl/α,β-unsaturated/α-hetero) is 1. The summed E-state index contributed by atoms with van der Waals surface area (Å²) < 4.78 is 11.5. The summed E-state index contributed by atoms with van der Waals surface area (Å²) in [6.07, 6.45) is 21.1. The molecule has 0 bridgehead atoms. The molecular weight excluding hydrogens is 412 g/mol. The van der Waals surface area contributed by atoms with Crippen LogP contribution in [0.25, 0.3) is 0 Å². The second-order valence-electron chi connectivity index (χ2n) is 8.23. The molecule has 1 rings (SSSR count). The van der Waals surface area contributed by atoms with E-state index in [0.717, 1.165) is 31.2 Å². The van der Waals surface area contributed by atoms with Gasteiger partial charge in [-0.2, -0.15) is 0 Å². The molecule has 0 amide bonds. The van der Waals surface area contributed by atoms with E-state index in [-0.39, 0.29) is 5.78 Å². The first-order chi connectivity index (χ1) is 14.6. The molecule has 1 aromatic rings. The fourth-order valence-electron chi connectivity index (χ4n) is 3.39. The van der Waals surface area contributed by atoms with Crippen molar-refractivity contribution in [1.82, 2.24) is 0 Å². The van der Waals surface area contributed by atoms with E-state index in [2.05, 4.69) is 19.1 Å². The zero-order valence-electron chi connectivity index (χ0n) is 19.0. The number of allylic oxidation sites excluding steroid dienone is 2. The van der Waals surface area contributed by atoms with E-state index in [4.69, 9.17) is 11.6 Å². The van der Waals surface area contributed by atoms with Crippen molar-refractivity contribution in [2.45, 2.75) is 113 Å². The number of hydrogen-bond acceptors (Lipinski definition) is 2. The average molecular weight is 453 g/mol. The maximum atomic E-state index is 12.4. The van der Waals surface area contributed by atoms with E-state index >= 15 is 0 Å². The van der Waals surface area contributed by atoms with Crippen LogP contribution in [0.2, 0.25) is 0 Å². The molecule has 30 heavy (non-hydrogen) atoms. The minimum atomic E-state index is -1.48. The Kier molecular flexibility index (Phi) is 16.0. The van der Waals surface area contributed by atoms with Gasteiger partial charge in [-0.1, -0.05) is 99.7 Å². The summed E-state index contributed by atoms with van der Waals surface area (Å²) in [6, 6.07) is 7.36. The molecule has 0 radical (unpaired) electrons. The lowest BCUT2D eigenvalue weighted by molar-refractivity contribution is -0.117. The standard InChI is InChI=1S/C26H41ClO2S/c1-3-4-5-6-7-8-9-10-11-12-13-14-15-16-17-18-25(28)26(27)30(29)24-21-19-23(2)20-22-24/h10-11,19-22,26H,3-9,12-18H2,1-2H3/b11-10-. The minimum absolute atomic E-state index is 0.104. The zero-order chi connectivity index (χ0) is 22.0. The molecule has 0 aliphatic rings. The summed E-state index contributed by atoms with van der Waals surface area (Å²) >= 11 is 6.16. The van der Waals surface area contributed by atoms with Gasteiger partial charge in [-0.3, -0.25) is 9.00 Å². The third-order valence-corrected chi connectivity index (χ3v) is 7.48. The lowest BCUT2D eigenvalue weighted by atomic mass is 10.1. The molecule has 0 aromatic heterocycles. The predicted molar refractivity (Wildman–Crippen MR) is 132 cm³/mol. The molecule has 0 aliphatic heterocycles. The van der Waals surface area contributed by atoms with Crippen LogP contribution in [0.3, 0.4) is 0 Å². The fraction of sp³-hybridized carbons (Fsp3) is 0.654. The van der Waals surface area contributed by atoms with Crippen molar-refractivity contribution in [2.75, 3.05) is 0 Å². The van der Waals surface area contributed by atoms with E-state index in [1.807, 2.05) is 19.1 Å². The number of hydrogen-bond donors (Lipinski definition) is 0. The molecule has 4 heteroatoms. The Bertz CT molecular complexity index is 624. The van der Waals surface area contributed by atoms with E-state index in [1.54, 1.807) is 12.1 Å². The molecule has 0 aliphatic carbocycles. The van der Waals surface area contributed by atoms with Crippen molar-refractivity contribution < 1.29 is 9.00 Å². The van der Waals surface area contributed by atoms with Crippen molar-refractivity contribution >= 4 is 28.2 Å². The van der Waals surface area contributed by atoms with Gasteiger partial charge >= 0.3 is 0 Å². The monoisotopic (exact) mass is 452 g/mol. The third-order valence-electron chi connectivity index (χ3n) is 5.38. The number of alkyl halides is 1. The number of benzene rings is 1. The summed E-state index contributed by atoms with van der Waals surface area (Å²) in [5.74, 6) is -0.104. The van der Waals surface area contributed by atoms with Crippen molar-refractivity contribution in [2.24, 2.45) is 0 Å². The van der Waals surface area contributed by atoms with Crippen LogP contribution >= 0.6 is 11.6 Å². The largest absolute Gasteiger partial charge is 0.297 e. The summed E-state index contributed by atoms with van der Waals surface area (Å²) in [6.45, 7) is 4.23. The maximum absolute atomic E-state index is 12.4. The molecule has 0 spiro atoms. The number of aryl methyl sites for hydroxylation is 1. The van der Waals surface area contributed by atoms with Crippen LogP contribution in [0, 0.1) is 6.92 Å². The zero-order valence-corrected chi connectivity index (χ0v) is 20.6. The van der Waals surface area contributed by atoms with Crippen LogP contribution in [0.4, 0.5) is 0 Å². The number of carbonyl (C=O) groups is 1. The molecule has 2 nitrogen and oxygen atoms in total. The highest BCUT2D eigenvalue weighted by atomic mass is 35.5. The molecule has 2 atom stereocenters. The van der Waals surface area contributed by atoms with Gasteiger partial charge in [0, 0.05) is 11.3 Å². The normalized spacial score (nSPS) is 13.6. The van der Waals surface area contributed by atoms with E-state index in [1.165, 1.54) is 57.8 Å². The molecular formula is C26H41ClO2S. The Morgan fingerprint density at radius 2 is 1.37 bits per heavy atom. The van der Waals surface area contributed by atoms with Gasteiger partial charge in [0.25, 0.3) is 0 Å². The van der Waals surface area contributed by atoms with Crippen LogP contribution in [0.5, 0.6) is 0 Å². The van der Waals surface area contributed by atoms with Gasteiger partial charge in [0.1, 0.15) is 0 Å². The van der Waals surface area contributed by atoms with E-state index in [0.29, 0.717) is 11.3 Å². The highest BCUT2D eigenvalue weighted by Crippen LogP contribution is 2.18. The fourth-order valence-corrected chi connectivity index (χ4v) is 4.81. The highest BCUT2D eigenvalue weighted by Gasteiger charge is 2.23. The van der Waals surface area contributed by atoms with Crippen LogP contribution in [-0.4, -0.2) is 14.7 Å². The van der Waals surface area contributed by atoms with E-state index in [9.17, 15) is 9.00 Å². The molecule has 2 unspecified atom stereocenters. The Morgan fingerprint density at radius 1 is 0.867 bits per heavy atom. The van der Waals surface area contributed by atoms with Crippen LogP contribution in [0.15, 0.2) is 41.3 Å². The molecule has 1 aromatic carbocycles. The summed E-state index contributed by atoms with van der Waals surface area (Å²) in [5.41, 5.74) is 1.10. The SMILES string of the molecule is CCCCCCCC/C=C\CCCCCCCC(=O)C(Cl)S(=O)c1ccc(C)cc1. The second-order valence-corrected chi connectivity index (χ2v) is 10.5. The first-order valence-electron chi connectivity index (χ1n) is 11.8. The molecule has 0 fully saturated rings. The van der Waals surface area contributed by atoms with Gasteiger partial charge in [-0.25, -0.2) is 0 Å². The van der Waals surface area contributed by atoms with Gasteiger partial charge in [0.15, 0.2) is 10.5 Å². The first kappa shape index (κ1) is 27.1. The summed E-state index contributed by atoms with van der Waals surface area (Å²) in [5, 5.41) is 0. The smallest absolute Gasteiger partial charge is 0.171 e. The summed E-state index contributed by atoms with van der Waals surface area (Å²) in [4.78, 5) is 12.8. The first-order valence-corrected chi connectivity index (χ1v) is 13.5. The molecule has 0 N–H and O–H groups in total. The minimum Gasteiger partial charge on any atom is -0.297 e. The predicted octanol–water partition coefficient (Wildman–Crippen LogP) is 8.27. The van der Waals surface area contributed by atoms with Gasteiger partial charge in [-0.15, -0.1) is 0 Å². The Balaban J connectivity index is 2.00. The highest BCUT2D eigenvalue weighted by molar-refractivity contribution is 7.88. The van der Waals surface area contributed by atoms with Gasteiger partial charge in [-0.05, 0) is 51.2 Å². The molecule has 0 heterocycles. The van der Waals surface area contributed by atoms with Crippen molar-refractivity contribution in [3.8, 4) is 0 Å². The van der Waals surface area contributed by atoms with Crippen LogP contribution < -0.4 is 0 Å². The molecule has 0 saturated carbocycles. The van der Waals surface area contributed by atoms with Crippen molar-refractivity contribution in [1.29, 1.82) is 0 Å². The number of rotatable bonds is 18. The maximum Gasteiger partial charge on any atom is 0.171 e. The Morgan fingerprint density at radius 3 is 1.93 bits per heavy atom. The number of unbranched alkanes of at least 4 members (excludes halogenated alkanes) is 11. The topological polar surface area (TPSA) is 34.1 Å². The van der Waals surface area contributed by atoms with Crippen LogP contribution in [0.1, 0.15) is 102 Å². The Hall–Kier alpha value is -0.930. The quantitative estimate of drug-likeness (QED) is 0.127. The van der Waals surface area contributed by atoms with E-state index < -0.39 is 15.5 Å². The van der Waals surface area contributed by atoms with Gasteiger partial charge in [0.2, 0.25) is 0 Å². The second kappa shape index (κ2) is 17.7. The number of halogens is 1. The van der Waals surface area contributed by atoms with Crippen molar-refractivity contribution in [3.63, 3.8) is 0 Å². The van der Waals surface area contributed by atoms with Gasteiger partial charge < -0.3 is 0 Å². The molecule has 170 valence electrons. The third kappa shape index (κ3) is 12.7. The Labute approximate surface area is 192 Å². The molecule has 0 saturated heterocycles. The average Bonchev–Trinajstić information content (AvgIpc) is 2.75. The lowest BCUT2D eigenvalue weighted by Crippen LogP contribution is -2.20. The van der Waals surface area contributed by atoms with Gasteiger partial charge in [0.05, 0.1) is 10.8 Å².